The molecule has 0 spiro atoms. The molecule has 0 radical (unpaired) electrons. The molecular weight excluding hydrogens is 252 g/mol. The topological polar surface area (TPSA) is 110 Å². The van der Waals surface area contributed by atoms with Gasteiger partial charge in [0.25, 0.3) is 0 Å². The SMILES string of the molecule is Cc1cc(Nc2ncnc(N(C)C)c2[N+](=O)[O-])no1. The third kappa shape index (κ3) is 2.59. The van der Waals surface area contributed by atoms with E-state index in [4.69, 9.17) is 4.52 Å². The van der Waals surface area contributed by atoms with Crippen LogP contribution in [-0.2, 0) is 0 Å². The smallest absolute Gasteiger partial charge is 0.353 e. The van der Waals surface area contributed by atoms with Crippen LogP contribution in [0.3, 0.4) is 0 Å². The fourth-order valence-electron chi connectivity index (χ4n) is 1.50. The Morgan fingerprint density at radius 2 is 2.16 bits per heavy atom. The van der Waals surface area contributed by atoms with Gasteiger partial charge in [0.1, 0.15) is 12.1 Å². The summed E-state index contributed by atoms with van der Waals surface area (Å²) in [7, 11) is 3.33. The Morgan fingerprint density at radius 1 is 1.42 bits per heavy atom. The lowest BCUT2D eigenvalue weighted by Gasteiger charge is -2.12. The molecule has 100 valence electrons. The van der Waals surface area contributed by atoms with E-state index in [1.807, 2.05) is 0 Å². The molecule has 9 nitrogen and oxygen atoms in total. The van der Waals surface area contributed by atoms with Gasteiger partial charge < -0.3 is 14.7 Å². The normalized spacial score (nSPS) is 10.3. The highest BCUT2D eigenvalue weighted by Gasteiger charge is 2.24. The van der Waals surface area contributed by atoms with Gasteiger partial charge in [0, 0.05) is 20.2 Å². The quantitative estimate of drug-likeness (QED) is 0.653. The zero-order valence-electron chi connectivity index (χ0n) is 10.6. The van der Waals surface area contributed by atoms with Crippen molar-refractivity contribution in [2.45, 2.75) is 6.92 Å². The molecule has 1 N–H and O–H groups in total. The van der Waals surface area contributed by atoms with Crippen molar-refractivity contribution in [1.29, 1.82) is 0 Å². The van der Waals surface area contributed by atoms with Crippen LogP contribution < -0.4 is 10.2 Å². The molecule has 0 aromatic carbocycles. The number of aromatic nitrogens is 3. The lowest BCUT2D eigenvalue weighted by molar-refractivity contribution is -0.383. The predicted molar refractivity (Wildman–Crippen MR) is 67.5 cm³/mol. The van der Waals surface area contributed by atoms with Crippen molar-refractivity contribution < 1.29 is 9.45 Å². The summed E-state index contributed by atoms with van der Waals surface area (Å²) in [5.74, 6) is 1.22. The summed E-state index contributed by atoms with van der Waals surface area (Å²) in [5, 5.41) is 17.6. The van der Waals surface area contributed by atoms with Crippen molar-refractivity contribution in [3.05, 3.63) is 28.3 Å². The largest absolute Gasteiger partial charge is 0.360 e. The fraction of sp³-hybridized carbons (Fsp3) is 0.300. The van der Waals surface area contributed by atoms with E-state index in [0.717, 1.165) is 0 Å². The van der Waals surface area contributed by atoms with E-state index in [2.05, 4.69) is 20.4 Å². The van der Waals surface area contributed by atoms with Gasteiger partial charge in [-0.3, -0.25) is 10.1 Å². The van der Waals surface area contributed by atoms with Crippen molar-refractivity contribution in [2.24, 2.45) is 0 Å². The van der Waals surface area contributed by atoms with Gasteiger partial charge in [-0.2, -0.15) is 0 Å². The molecule has 0 aliphatic rings. The van der Waals surface area contributed by atoms with E-state index in [-0.39, 0.29) is 17.3 Å². The highest BCUT2D eigenvalue weighted by atomic mass is 16.6. The van der Waals surface area contributed by atoms with Gasteiger partial charge in [0.05, 0.1) is 4.92 Å². The minimum absolute atomic E-state index is 0.0667. The number of anilines is 3. The Balaban J connectivity index is 2.45. The number of nitrogens with zero attached hydrogens (tertiary/aromatic N) is 5. The first-order chi connectivity index (χ1) is 8.99. The molecule has 0 aliphatic carbocycles. The third-order valence-electron chi connectivity index (χ3n) is 2.28. The van der Waals surface area contributed by atoms with Gasteiger partial charge in [-0.15, -0.1) is 0 Å². The second-order valence-electron chi connectivity index (χ2n) is 3.99. The molecule has 0 fully saturated rings. The summed E-state index contributed by atoms with van der Waals surface area (Å²) in [4.78, 5) is 19.9. The Morgan fingerprint density at radius 3 is 2.68 bits per heavy atom. The Labute approximate surface area is 108 Å². The lowest BCUT2D eigenvalue weighted by atomic mass is 10.4. The van der Waals surface area contributed by atoms with Crippen LogP contribution in [0.1, 0.15) is 5.76 Å². The highest BCUT2D eigenvalue weighted by Crippen LogP contribution is 2.32. The summed E-state index contributed by atoms with van der Waals surface area (Å²) in [6.07, 6.45) is 1.25. The number of nitro groups is 1. The minimum atomic E-state index is -0.537. The van der Waals surface area contributed by atoms with Crippen LogP contribution in [0.15, 0.2) is 16.9 Å². The third-order valence-corrected chi connectivity index (χ3v) is 2.28. The molecule has 0 amide bonds. The van der Waals surface area contributed by atoms with E-state index in [9.17, 15) is 10.1 Å². The van der Waals surface area contributed by atoms with Crippen LogP contribution >= 0.6 is 0 Å². The molecule has 19 heavy (non-hydrogen) atoms. The first-order valence-electron chi connectivity index (χ1n) is 5.36. The van der Waals surface area contributed by atoms with E-state index in [0.29, 0.717) is 11.6 Å². The van der Waals surface area contributed by atoms with Crippen molar-refractivity contribution >= 4 is 23.1 Å². The van der Waals surface area contributed by atoms with E-state index in [1.165, 1.54) is 6.33 Å². The van der Waals surface area contributed by atoms with Crippen LogP contribution in [0, 0.1) is 17.0 Å². The number of hydrogen-bond donors (Lipinski definition) is 1. The second kappa shape index (κ2) is 4.88. The maximum atomic E-state index is 11.2. The van der Waals surface area contributed by atoms with Gasteiger partial charge in [-0.25, -0.2) is 9.97 Å². The lowest BCUT2D eigenvalue weighted by Crippen LogP contribution is -2.14. The second-order valence-corrected chi connectivity index (χ2v) is 3.99. The minimum Gasteiger partial charge on any atom is -0.360 e. The average Bonchev–Trinajstić information content (AvgIpc) is 2.74. The molecule has 0 aliphatic heterocycles. The first kappa shape index (κ1) is 12.7. The number of hydrogen-bond acceptors (Lipinski definition) is 8. The van der Waals surface area contributed by atoms with Crippen LogP contribution in [0.25, 0.3) is 0 Å². The van der Waals surface area contributed by atoms with E-state index >= 15 is 0 Å². The van der Waals surface area contributed by atoms with Crippen molar-refractivity contribution in [3.8, 4) is 0 Å². The summed E-state index contributed by atoms with van der Waals surface area (Å²) in [5.41, 5.74) is -0.215. The van der Waals surface area contributed by atoms with Gasteiger partial charge in [-0.05, 0) is 6.92 Å². The molecule has 2 aromatic heterocycles. The van der Waals surface area contributed by atoms with E-state index in [1.54, 1.807) is 32.0 Å². The van der Waals surface area contributed by atoms with Crippen LogP contribution in [0.2, 0.25) is 0 Å². The number of rotatable bonds is 4. The van der Waals surface area contributed by atoms with Gasteiger partial charge in [0.2, 0.25) is 11.6 Å². The molecule has 2 heterocycles. The van der Waals surface area contributed by atoms with Gasteiger partial charge >= 0.3 is 5.69 Å². The first-order valence-corrected chi connectivity index (χ1v) is 5.36. The molecule has 2 aromatic rings. The molecule has 0 saturated carbocycles. The van der Waals surface area contributed by atoms with Crippen molar-refractivity contribution in [2.75, 3.05) is 24.3 Å². The molecular formula is C10H12N6O3. The van der Waals surface area contributed by atoms with Gasteiger partial charge in [0.15, 0.2) is 5.82 Å². The molecule has 2 rings (SSSR count). The zero-order valence-corrected chi connectivity index (χ0v) is 10.6. The summed E-state index contributed by atoms with van der Waals surface area (Å²) in [6.45, 7) is 1.72. The Hall–Kier alpha value is -2.71. The monoisotopic (exact) mass is 264 g/mol. The molecule has 0 saturated heterocycles. The average molecular weight is 264 g/mol. The number of aryl methyl sites for hydroxylation is 1. The fourth-order valence-corrected chi connectivity index (χ4v) is 1.50. The van der Waals surface area contributed by atoms with Crippen LogP contribution in [0.5, 0.6) is 0 Å². The van der Waals surface area contributed by atoms with Crippen molar-refractivity contribution in [3.63, 3.8) is 0 Å². The molecule has 0 bridgehead atoms. The maximum absolute atomic E-state index is 11.2. The maximum Gasteiger partial charge on any atom is 0.353 e. The standard InChI is InChI=1S/C10H12N6O3/c1-6-4-7(14-19-6)13-9-8(16(17)18)10(15(2)3)12-5-11-9/h4-5H,1-3H3,(H,11,12,13,14). The van der Waals surface area contributed by atoms with Crippen LogP contribution in [0.4, 0.5) is 23.1 Å². The summed E-state index contributed by atoms with van der Waals surface area (Å²) in [6, 6.07) is 1.61. The van der Waals surface area contributed by atoms with Crippen LogP contribution in [-0.4, -0.2) is 34.1 Å². The highest BCUT2D eigenvalue weighted by molar-refractivity contribution is 5.73. The zero-order chi connectivity index (χ0) is 14.0. The molecule has 9 heteroatoms. The number of nitrogens with one attached hydrogen (secondary N) is 1. The predicted octanol–water partition coefficient (Wildman–Crippen LogP) is 1.49. The molecule has 0 atom stereocenters. The molecule has 0 unspecified atom stereocenters. The van der Waals surface area contributed by atoms with Crippen molar-refractivity contribution in [1.82, 2.24) is 15.1 Å². The van der Waals surface area contributed by atoms with E-state index < -0.39 is 4.92 Å². The summed E-state index contributed by atoms with van der Waals surface area (Å²) < 4.78 is 4.88. The Bertz CT molecular complexity index is 609. The van der Waals surface area contributed by atoms with Gasteiger partial charge in [-0.1, -0.05) is 5.16 Å². The summed E-state index contributed by atoms with van der Waals surface area (Å²) >= 11 is 0. The Kier molecular flexibility index (Phi) is 3.27.